The molecule has 26 heavy (non-hydrogen) atoms. The first-order chi connectivity index (χ1) is 12.5. The third-order valence-electron chi connectivity index (χ3n) is 4.67. The van der Waals surface area contributed by atoms with Crippen LogP contribution in [0.15, 0.2) is 40.8 Å². The molecule has 0 bridgehead atoms. The third kappa shape index (κ3) is 4.11. The van der Waals surface area contributed by atoms with E-state index in [1.165, 1.54) is 12.1 Å². The number of carboxylic acids is 1. The average Bonchev–Trinajstić information content (AvgIpc) is 3.06. The van der Waals surface area contributed by atoms with Crippen molar-refractivity contribution in [3.05, 3.63) is 48.0 Å². The van der Waals surface area contributed by atoms with Crippen LogP contribution in [-0.2, 0) is 4.79 Å². The van der Waals surface area contributed by atoms with Crippen molar-refractivity contribution in [1.29, 1.82) is 0 Å². The van der Waals surface area contributed by atoms with E-state index >= 15 is 0 Å². The molecule has 1 aromatic heterocycles. The SMILES string of the molecule is CCN(CC(=O)O)C1CC(NC(=O)c2ccc(-c3ccc(F)cc3)o2)C1. The number of nitrogens with one attached hydrogen (secondary N) is 1. The third-order valence-corrected chi connectivity index (χ3v) is 4.67. The van der Waals surface area contributed by atoms with Gasteiger partial charge in [0.25, 0.3) is 5.91 Å². The van der Waals surface area contributed by atoms with Crippen molar-refractivity contribution >= 4 is 11.9 Å². The van der Waals surface area contributed by atoms with Gasteiger partial charge in [0.2, 0.25) is 0 Å². The Labute approximate surface area is 150 Å². The van der Waals surface area contributed by atoms with Gasteiger partial charge in [0.05, 0.1) is 6.54 Å². The molecule has 0 saturated heterocycles. The number of carbonyl (C=O) groups is 2. The molecule has 0 radical (unpaired) electrons. The predicted octanol–water partition coefficient (Wildman–Crippen LogP) is 2.75. The van der Waals surface area contributed by atoms with E-state index in [1.807, 2.05) is 11.8 Å². The van der Waals surface area contributed by atoms with Gasteiger partial charge in [-0.15, -0.1) is 0 Å². The van der Waals surface area contributed by atoms with Gasteiger partial charge in [-0.3, -0.25) is 14.5 Å². The summed E-state index contributed by atoms with van der Waals surface area (Å²) in [6, 6.07) is 9.31. The number of carbonyl (C=O) groups excluding carboxylic acids is 1. The fraction of sp³-hybridized carbons (Fsp3) is 0.368. The number of furan rings is 1. The minimum Gasteiger partial charge on any atom is -0.480 e. The Morgan fingerprint density at radius 1 is 1.23 bits per heavy atom. The van der Waals surface area contributed by atoms with Crippen LogP contribution in [0, 0.1) is 5.82 Å². The van der Waals surface area contributed by atoms with Gasteiger partial charge >= 0.3 is 5.97 Å². The highest BCUT2D eigenvalue weighted by Gasteiger charge is 2.35. The maximum absolute atomic E-state index is 13.0. The summed E-state index contributed by atoms with van der Waals surface area (Å²) in [7, 11) is 0. The molecule has 0 atom stereocenters. The standard InChI is InChI=1S/C19H21FN2O4/c1-2-22(11-18(23)24)15-9-14(10-15)21-19(25)17-8-7-16(26-17)12-3-5-13(20)6-4-12/h3-8,14-15H,2,9-11H2,1H3,(H,21,25)(H,23,24). The lowest BCUT2D eigenvalue weighted by Crippen LogP contribution is -2.54. The van der Waals surface area contributed by atoms with Crippen LogP contribution < -0.4 is 5.32 Å². The van der Waals surface area contributed by atoms with Crippen molar-refractivity contribution in [3.8, 4) is 11.3 Å². The minimum absolute atomic E-state index is 0.00900. The monoisotopic (exact) mass is 360 g/mol. The number of hydrogen-bond acceptors (Lipinski definition) is 4. The predicted molar refractivity (Wildman–Crippen MR) is 93.3 cm³/mol. The Balaban J connectivity index is 1.54. The second-order valence-corrected chi connectivity index (χ2v) is 6.42. The van der Waals surface area contributed by atoms with Crippen molar-refractivity contribution in [2.45, 2.75) is 31.8 Å². The van der Waals surface area contributed by atoms with Crippen LogP contribution in [0.2, 0.25) is 0 Å². The van der Waals surface area contributed by atoms with Gasteiger partial charge < -0.3 is 14.8 Å². The topological polar surface area (TPSA) is 82.8 Å². The van der Waals surface area contributed by atoms with Gasteiger partial charge in [-0.25, -0.2) is 4.39 Å². The molecule has 1 aliphatic rings. The van der Waals surface area contributed by atoms with E-state index in [2.05, 4.69) is 5.32 Å². The van der Waals surface area contributed by atoms with Crippen LogP contribution >= 0.6 is 0 Å². The fourth-order valence-electron chi connectivity index (χ4n) is 3.16. The molecule has 2 aromatic rings. The number of nitrogens with zero attached hydrogens (tertiary/aromatic N) is 1. The normalized spacial score (nSPS) is 19.2. The van der Waals surface area contributed by atoms with Crippen molar-refractivity contribution in [3.63, 3.8) is 0 Å². The number of amides is 1. The number of rotatable bonds is 7. The quantitative estimate of drug-likeness (QED) is 0.793. The maximum atomic E-state index is 13.0. The van der Waals surface area contributed by atoms with Crippen LogP contribution in [0.4, 0.5) is 4.39 Å². The Morgan fingerprint density at radius 2 is 1.92 bits per heavy atom. The fourth-order valence-corrected chi connectivity index (χ4v) is 3.16. The molecule has 1 fully saturated rings. The van der Waals surface area contributed by atoms with E-state index in [1.54, 1.807) is 24.3 Å². The first kappa shape index (κ1) is 18.1. The van der Waals surface area contributed by atoms with Gasteiger partial charge in [0, 0.05) is 17.6 Å². The zero-order chi connectivity index (χ0) is 18.7. The van der Waals surface area contributed by atoms with E-state index in [0.29, 0.717) is 17.9 Å². The van der Waals surface area contributed by atoms with Crippen LogP contribution in [-0.4, -0.2) is 47.1 Å². The lowest BCUT2D eigenvalue weighted by atomic mass is 9.85. The van der Waals surface area contributed by atoms with E-state index in [4.69, 9.17) is 9.52 Å². The van der Waals surface area contributed by atoms with E-state index < -0.39 is 5.97 Å². The summed E-state index contributed by atoms with van der Waals surface area (Å²) < 4.78 is 18.5. The molecule has 0 unspecified atom stereocenters. The van der Waals surface area contributed by atoms with E-state index in [9.17, 15) is 14.0 Å². The zero-order valence-electron chi connectivity index (χ0n) is 14.4. The Kier molecular flexibility index (Phi) is 5.37. The largest absolute Gasteiger partial charge is 0.480 e. The number of aliphatic carboxylic acids is 1. The van der Waals surface area contributed by atoms with Crippen molar-refractivity contribution in [2.75, 3.05) is 13.1 Å². The molecular weight excluding hydrogens is 339 g/mol. The van der Waals surface area contributed by atoms with Gasteiger partial charge in [-0.05, 0) is 55.8 Å². The smallest absolute Gasteiger partial charge is 0.317 e. The van der Waals surface area contributed by atoms with Gasteiger partial charge in [0.15, 0.2) is 5.76 Å². The van der Waals surface area contributed by atoms with Crippen molar-refractivity contribution < 1.29 is 23.5 Å². The Bertz CT molecular complexity index is 781. The number of halogens is 1. The molecule has 1 saturated carbocycles. The minimum atomic E-state index is -0.844. The van der Waals surface area contributed by atoms with Gasteiger partial charge in [-0.2, -0.15) is 0 Å². The van der Waals surface area contributed by atoms with Crippen molar-refractivity contribution in [2.24, 2.45) is 0 Å². The van der Waals surface area contributed by atoms with Gasteiger partial charge in [-0.1, -0.05) is 6.92 Å². The molecule has 2 N–H and O–H groups in total. The van der Waals surface area contributed by atoms with E-state index in [0.717, 1.165) is 12.8 Å². The summed E-state index contributed by atoms with van der Waals surface area (Å²) in [5, 5.41) is 11.8. The first-order valence-electron chi connectivity index (χ1n) is 8.58. The molecule has 1 aromatic carbocycles. The molecule has 7 heteroatoms. The molecule has 0 aliphatic heterocycles. The lowest BCUT2D eigenvalue weighted by Gasteiger charge is -2.42. The highest BCUT2D eigenvalue weighted by molar-refractivity contribution is 5.92. The van der Waals surface area contributed by atoms with Crippen molar-refractivity contribution in [1.82, 2.24) is 10.2 Å². The summed E-state index contributed by atoms with van der Waals surface area (Å²) in [6.07, 6.45) is 1.44. The maximum Gasteiger partial charge on any atom is 0.317 e. The lowest BCUT2D eigenvalue weighted by molar-refractivity contribution is -0.139. The number of hydrogen-bond donors (Lipinski definition) is 2. The zero-order valence-corrected chi connectivity index (χ0v) is 14.4. The second-order valence-electron chi connectivity index (χ2n) is 6.42. The molecule has 3 rings (SSSR count). The number of likely N-dealkylation sites (N-methyl/N-ethyl adjacent to an activating group) is 1. The molecule has 1 aliphatic carbocycles. The first-order valence-corrected chi connectivity index (χ1v) is 8.58. The summed E-state index contributed by atoms with van der Waals surface area (Å²) >= 11 is 0. The molecule has 138 valence electrons. The summed E-state index contributed by atoms with van der Waals surface area (Å²) in [6.45, 7) is 2.60. The Hall–Kier alpha value is -2.67. The van der Waals surface area contributed by atoms with Gasteiger partial charge in [0.1, 0.15) is 11.6 Å². The van der Waals surface area contributed by atoms with Crippen LogP contribution in [0.5, 0.6) is 0 Å². The molecule has 1 heterocycles. The molecular formula is C19H21FN2O4. The van der Waals surface area contributed by atoms with E-state index in [-0.39, 0.29) is 36.1 Å². The summed E-state index contributed by atoms with van der Waals surface area (Å²) in [4.78, 5) is 25.0. The summed E-state index contributed by atoms with van der Waals surface area (Å²) in [5.41, 5.74) is 0.696. The highest BCUT2D eigenvalue weighted by Crippen LogP contribution is 2.27. The van der Waals surface area contributed by atoms with Crippen LogP contribution in [0.3, 0.4) is 0 Å². The highest BCUT2D eigenvalue weighted by atomic mass is 19.1. The second kappa shape index (κ2) is 7.70. The number of carboxylic acid groups (broad SMARTS) is 1. The average molecular weight is 360 g/mol. The van der Waals surface area contributed by atoms with Crippen LogP contribution in [0.1, 0.15) is 30.3 Å². The molecule has 1 amide bonds. The molecule has 0 spiro atoms. The van der Waals surface area contributed by atoms with Crippen LogP contribution in [0.25, 0.3) is 11.3 Å². The molecule has 6 nitrogen and oxygen atoms in total. The Morgan fingerprint density at radius 3 is 2.54 bits per heavy atom. The summed E-state index contributed by atoms with van der Waals surface area (Å²) in [5.74, 6) is -0.779. The number of benzene rings is 1.